The maximum Gasteiger partial charge on any atom is 0.0713 e. The van der Waals surface area contributed by atoms with Crippen molar-refractivity contribution in [2.75, 3.05) is 0 Å². The van der Waals surface area contributed by atoms with Crippen LogP contribution in [0.25, 0.3) is 44.5 Å². The van der Waals surface area contributed by atoms with Crippen LogP contribution in [-0.2, 0) is 29.1 Å². The van der Waals surface area contributed by atoms with Gasteiger partial charge in [0.05, 0.1) is 5.41 Å². The van der Waals surface area contributed by atoms with Crippen LogP contribution in [0.2, 0.25) is 0 Å². The van der Waals surface area contributed by atoms with Crippen molar-refractivity contribution in [1.29, 1.82) is 0 Å². The van der Waals surface area contributed by atoms with Gasteiger partial charge in [-0.3, -0.25) is 0 Å². The normalized spacial score (nSPS) is 18.0. The molecule has 2 unspecified atom stereocenters. The summed E-state index contributed by atoms with van der Waals surface area (Å²) < 4.78 is 0. The molecule has 3 aliphatic rings. The lowest BCUT2D eigenvalue weighted by molar-refractivity contribution is 0.529. The van der Waals surface area contributed by atoms with E-state index in [0.29, 0.717) is 0 Å². The van der Waals surface area contributed by atoms with Crippen molar-refractivity contribution in [3.8, 4) is 44.5 Å². The summed E-state index contributed by atoms with van der Waals surface area (Å²) in [6, 6.07) is 74.5. The molecule has 0 aromatic heterocycles. The van der Waals surface area contributed by atoms with E-state index >= 15 is 0 Å². The van der Waals surface area contributed by atoms with E-state index in [9.17, 15) is 0 Å². The van der Waals surface area contributed by atoms with Gasteiger partial charge in [-0.05, 0) is 159 Å². The van der Waals surface area contributed by atoms with Gasteiger partial charge in [0, 0.05) is 10.8 Å². The van der Waals surface area contributed by atoms with Crippen molar-refractivity contribution in [3.63, 3.8) is 0 Å². The van der Waals surface area contributed by atoms with E-state index < -0.39 is 5.41 Å². The maximum atomic E-state index is 2.55. The zero-order valence-electron chi connectivity index (χ0n) is 39.1. The van der Waals surface area contributed by atoms with Gasteiger partial charge in [0.1, 0.15) is 0 Å². The molecule has 0 aliphatic heterocycles. The van der Waals surface area contributed by atoms with Crippen LogP contribution in [0.3, 0.4) is 0 Å². The summed E-state index contributed by atoms with van der Waals surface area (Å²) in [5.41, 5.74) is 29.5. The number of hydrogen-bond donors (Lipinski definition) is 0. The molecule has 0 bridgehead atoms. The second-order valence-electron chi connectivity index (χ2n) is 20.2. The summed E-state index contributed by atoms with van der Waals surface area (Å²) in [5.74, 6) is 0. The molecule has 0 radical (unpaired) electrons. The molecule has 9 aromatic rings. The van der Waals surface area contributed by atoms with Crippen molar-refractivity contribution in [1.82, 2.24) is 0 Å². The summed E-state index contributed by atoms with van der Waals surface area (Å²) in [4.78, 5) is 0. The van der Waals surface area contributed by atoms with Crippen LogP contribution in [0.4, 0.5) is 0 Å². The van der Waals surface area contributed by atoms with Gasteiger partial charge in [-0.25, -0.2) is 0 Å². The van der Waals surface area contributed by atoms with Crippen molar-refractivity contribution in [2.45, 2.75) is 77.0 Å². The van der Waals surface area contributed by atoms with Crippen LogP contribution >= 0.6 is 0 Å². The van der Waals surface area contributed by atoms with Gasteiger partial charge in [-0.1, -0.05) is 219 Å². The third-order valence-electron chi connectivity index (χ3n) is 16.2. The molecule has 0 heterocycles. The zero-order chi connectivity index (χ0) is 45.0. The Morgan fingerprint density at radius 3 is 1.64 bits per heavy atom. The average Bonchev–Trinajstić information content (AvgIpc) is 3.89. The molecule has 0 saturated carbocycles. The lowest BCUT2D eigenvalue weighted by Gasteiger charge is -2.34. The highest BCUT2D eigenvalue weighted by atomic mass is 14.5. The van der Waals surface area contributed by atoms with Crippen LogP contribution in [0.1, 0.15) is 98.2 Å². The van der Waals surface area contributed by atoms with Crippen molar-refractivity contribution < 1.29 is 0 Å². The Labute approximate surface area is 391 Å². The number of rotatable bonds is 8. The molecule has 9 aromatic carbocycles. The summed E-state index contributed by atoms with van der Waals surface area (Å²) in [5, 5.41) is 0. The summed E-state index contributed by atoms with van der Waals surface area (Å²) >= 11 is 0. The summed E-state index contributed by atoms with van der Waals surface area (Å²) in [6.45, 7) is 14.0. The fourth-order valence-electron chi connectivity index (χ4n) is 13.0. The molecule has 0 amide bonds. The van der Waals surface area contributed by atoms with Gasteiger partial charge in [0.2, 0.25) is 0 Å². The Morgan fingerprint density at radius 2 is 0.939 bits per heavy atom. The Morgan fingerprint density at radius 1 is 0.364 bits per heavy atom. The van der Waals surface area contributed by atoms with Crippen LogP contribution in [0.15, 0.2) is 194 Å². The predicted octanol–water partition coefficient (Wildman–Crippen LogP) is 16.4. The highest BCUT2D eigenvalue weighted by molar-refractivity contribution is 5.90. The molecule has 0 saturated heterocycles. The lowest BCUT2D eigenvalue weighted by atomic mass is 9.67. The third-order valence-corrected chi connectivity index (χ3v) is 16.2. The van der Waals surface area contributed by atoms with E-state index in [4.69, 9.17) is 0 Å². The number of aryl methyl sites for hydroxylation is 5. The molecule has 12 rings (SSSR count). The molecule has 0 fully saturated rings. The topological polar surface area (TPSA) is 0 Å². The molecule has 66 heavy (non-hydrogen) atoms. The van der Waals surface area contributed by atoms with Gasteiger partial charge in [0.25, 0.3) is 0 Å². The SMILES string of the molecule is Cc1ccc(C2(c3ccc(C)cc3)c3ccccc3-c3c(CCC4(C)c5ccccc5-c5c(CC6(C)c7cc(C)ccc7-c7ccc(-c8ccccc8)cc76)ccc(C)c54)cccc32)cc1. The van der Waals surface area contributed by atoms with Crippen LogP contribution in [0, 0.1) is 27.7 Å². The van der Waals surface area contributed by atoms with Crippen LogP contribution in [0.5, 0.6) is 0 Å². The minimum Gasteiger partial charge on any atom is -0.0622 e. The summed E-state index contributed by atoms with van der Waals surface area (Å²) in [7, 11) is 0. The van der Waals surface area contributed by atoms with Gasteiger partial charge in [0.15, 0.2) is 0 Å². The first-order chi connectivity index (χ1) is 32.1. The molecular weight excluding hydrogens is 793 g/mol. The van der Waals surface area contributed by atoms with E-state index in [1.54, 1.807) is 0 Å². The Balaban J connectivity index is 0.984. The highest BCUT2D eigenvalue weighted by Crippen LogP contribution is 2.60. The smallest absolute Gasteiger partial charge is 0.0622 e. The van der Waals surface area contributed by atoms with E-state index in [2.05, 4.69) is 236 Å². The molecule has 0 N–H and O–H groups in total. The van der Waals surface area contributed by atoms with Gasteiger partial charge in [-0.15, -0.1) is 0 Å². The Kier molecular flexibility index (Phi) is 9.21. The Hall–Kier alpha value is -7.02. The maximum absolute atomic E-state index is 2.55. The van der Waals surface area contributed by atoms with Gasteiger partial charge < -0.3 is 0 Å². The van der Waals surface area contributed by atoms with E-state index in [-0.39, 0.29) is 10.8 Å². The number of fused-ring (bicyclic) bond motifs is 9. The van der Waals surface area contributed by atoms with Crippen molar-refractivity contribution >= 4 is 0 Å². The standard InChI is InChI=1S/C66H56/c1-42-23-31-50(32-24-42)66(51-33-25-43(2)26-34-51)57-21-13-11-19-55(57)61-47(17-14-22-58(61)66)37-38-64(5)56-20-12-10-18-54(56)62-49(29-28-45(4)63(62)64)41-65(6)59-39-44(3)27-35-52(59)53-36-30-48(40-60(53)65)46-15-8-7-9-16-46/h7-36,39-40H,37-38,41H2,1-6H3. The van der Waals surface area contributed by atoms with Crippen LogP contribution in [-0.4, -0.2) is 0 Å². The molecule has 3 aliphatic carbocycles. The fraction of sp³-hybridized carbons (Fsp3) is 0.182. The highest BCUT2D eigenvalue weighted by Gasteiger charge is 2.48. The number of benzene rings is 9. The largest absolute Gasteiger partial charge is 0.0713 e. The second kappa shape index (κ2) is 15.0. The van der Waals surface area contributed by atoms with Gasteiger partial charge >= 0.3 is 0 Å². The minimum absolute atomic E-state index is 0.179. The van der Waals surface area contributed by atoms with E-state index in [1.165, 1.54) is 122 Å². The first kappa shape index (κ1) is 40.5. The number of hydrogen-bond acceptors (Lipinski definition) is 0. The molecule has 2 atom stereocenters. The Bertz CT molecular complexity index is 3340. The monoisotopic (exact) mass is 848 g/mol. The molecule has 0 heteroatoms. The second-order valence-corrected chi connectivity index (χ2v) is 20.2. The average molecular weight is 849 g/mol. The van der Waals surface area contributed by atoms with E-state index in [1.807, 2.05) is 0 Å². The quantitative estimate of drug-likeness (QED) is 0.143. The fourth-order valence-corrected chi connectivity index (χ4v) is 13.0. The first-order valence-electron chi connectivity index (χ1n) is 24.0. The molecule has 0 nitrogen and oxygen atoms in total. The zero-order valence-corrected chi connectivity index (χ0v) is 39.1. The van der Waals surface area contributed by atoms with Crippen molar-refractivity contribution in [2.24, 2.45) is 0 Å². The van der Waals surface area contributed by atoms with Crippen LogP contribution < -0.4 is 0 Å². The van der Waals surface area contributed by atoms with E-state index in [0.717, 1.165) is 19.3 Å². The molecule has 0 spiro atoms. The minimum atomic E-state index is -0.417. The third kappa shape index (κ3) is 5.83. The molecule has 320 valence electrons. The molecular formula is C66H56. The van der Waals surface area contributed by atoms with Crippen molar-refractivity contribution in [3.05, 3.63) is 272 Å². The van der Waals surface area contributed by atoms with Gasteiger partial charge in [-0.2, -0.15) is 0 Å². The first-order valence-corrected chi connectivity index (χ1v) is 24.0. The summed E-state index contributed by atoms with van der Waals surface area (Å²) in [6.07, 6.45) is 2.89. The lowest BCUT2D eigenvalue weighted by Crippen LogP contribution is -2.28. The predicted molar refractivity (Wildman–Crippen MR) is 277 cm³/mol.